The second kappa shape index (κ2) is 5.61. The Bertz CT molecular complexity index is 599. The van der Waals surface area contributed by atoms with E-state index in [-0.39, 0.29) is 12.4 Å². The second-order valence-corrected chi connectivity index (χ2v) is 5.43. The zero-order valence-electron chi connectivity index (χ0n) is 11.2. The van der Waals surface area contributed by atoms with Gasteiger partial charge >= 0.3 is 0 Å². The van der Waals surface area contributed by atoms with Crippen LogP contribution in [0, 0.1) is 13.8 Å². The van der Waals surface area contributed by atoms with Crippen molar-refractivity contribution in [2.45, 2.75) is 13.8 Å². The van der Waals surface area contributed by atoms with Gasteiger partial charge in [0.2, 0.25) is 5.78 Å². The van der Waals surface area contributed by atoms with Crippen molar-refractivity contribution in [2.75, 3.05) is 6.61 Å². The minimum atomic E-state index is 0.00381. The fraction of sp³-hybridized carbons (Fsp3) is 0.267. The third-order valence-electron chi connectivity index (χ3n) is 3.26. The highest BCUT2D eigenvalue weighted by Gasteiger charge is 2.14. The van der Waals surface area contributed by atoms with E-state index in [4.69, 9.17) is 4.74 Å². The van der Waals surface area contributed by atoms with Gasteiger partial charge in [0.05, 0.1) is 0 Å². The molecule has 0 atom stereocenters. The van der Waals surface area contributed by atoms with E-state index in [1.165, 1.54) is 0 Å². The van der Waals surface area contributed by atoms with E-state index in [1.54, 1.807) is 0 Å². The molecule has 0 bridgehead atoms. The number of aromatic nitrogens is 1. The van der Waals surface area contributed by atoms with Gasteiger partial charge < -0.3 is 9.30 Å². The molecule has 19 heavy (non-hydrogen) atoms. The van der Waals surface area contributed by atoms with E-state index < -0.39 is 0 Å². The fourth-order valence-electron chi connectivity index (χ4n) is 1.90. The summed E-state index contributed by atoms with van der Waals surface area (Å²) < 4.78 is 8.50. The summed E-state index contributed by atoms with van der Waals surface area (Å²) in [5.74, 6) is 0.700. The third kappa shape index (κ3) is 3.07. The Kier molecular flexibility index (Phi) is 4.10. The van der Waals surface area contributed by atoms with Gasteiger partial charge in [-0.3, -0.25) is 4.79 Å². The van der Waals surface area contributed by atoms with Crippen LogP contribution in [0.25, 0.3) is 0 Å². The first-order valence-electron chi connectivity index (χ1n) is 6.03. The SMILES string of the molecule is Cc1cc(C(=O)COc2ccc(Br)cc2)c(C)n1C. The van der Waals surface area contributed by atoms with Crippen molar-refractivity contribution in [3.05, 3.63) is 51.8 Å². The summed E-state index contributed by atoms with van der Waals surface area (Å²) in [7, 11) is 1.96. The van der Waals surface area contributed by atoms with Gasteiger partial charge in [-0.25, -0.2) is 0 Å². The van der Waals surface area contributed by atoms with Crippen LogP contribution in [0.5, 0.6) is 5.75 Å². The van der Waals surface area contributed by atoms with Crippen molar-refractivity contribution >= 4 is 21.7 Å². The number of hydrogen-bond donors (Lipinski definition) is 0. The maximum absolute atomic E-state index is 12.1. The Labute approximate surface area is 121 Å². The molecule has 100 valence electrons. The predicted octanol–water partition coefficient (Wildman–Crippen LogP) is 3.67. The van der Waals surface area contributed by atoms with Crippen LogP contribution in [0.1, 0.15) is 21.7 Å². The van der Waals surface area contributed by atoms with Gasteiger partial charge in [0.1, 0.15) is 5.75 Å². The molecule has 0 aliphatic carbocycles. The molecule has 0 aliphatic heterocycles. The average molecular weight is 322 g/mol. The van der Waals surface area contributed by atoms with Crippen LogP contribution in [0.2, 0.25) is 0 Å². The maximum atomic E-state index is 12.1. The normalized spacial score (nSPS) is 10.5. The molecule has 0 saturated heterocycles. The standard InChI is InChI=1S/C15H16BrNO2/c1-10-8-14(11(2)17(10)3)15(18)9-19-13-6-4-12(16)5-7-13/h4-8H,9H2,1-3H3. The lowest BCUT2D eigenvalue weighted by atomic mass is 10.1. The molecule has 1 heterocycles. The van der Waals surface area contributed by atoms with Gasteiger partial charge in [-0.05, 0) is 44.2 Å². The van der Waals surface area contributed by atoms with Crippen LogP contribution in [-0.4, -0.2) is 17.0 Å². The zero-order chi connectivity index (χ0) is 14.0. The number of aryl methyl sites for hydroxylation is 1. The van der Waals surface area contributed by atoms with Crippen molar-refractivity contribution < 1.29 is 9.53 Å². The maximum Gasteiger partial charge on any atom is 0.202 e. The predicted molar refractivity (Wildman–Crippen MR) is 78.9 cm³/mol. The molecule has 0 radical (unpaired) electrons. The van der Waals surface area contributed by atoms with E-state index in [1.807, 2.05) is 55.8 Å². The van der Waals surface area contributed by atoms with Crippen LogP contribution >= 0.6 is 15.9 Å². The summed E-state index contributed by atoms with van der Waals surface area (Å²) in [6.45, 7) is 3.99. The first-order chi connectivity index (χ1) is 8.99. The Morgan fingerprint density at radius 3 is 2.42 bits per heavy atom. The molecule has 0 saturated carbocycles. The van der Waals surface area contributed by atoms with Crippen molar-refractivity contribution in [1.82, 2.24) is 4.57 Å². The van der Waals surface area contributed by atoms with Gasteiger partial charge in [-0.2, -0.15) is 0 Å². The Morgan fingerprint density at radius 2 is 1.89 bits per heavy atom. The average Bonchev–Trinajstić information content (AvgIpc) is 2.65. The van der Waals surface area contributed by atoms with Crippen LogP contribution in [0.4, 0.5) is 0 Å². The molecule has 0 aliphatic rings. The summed E-state index contributed by atoms with van der Waals surface area (Å²) in [4.78, 5) is 12.1. The molecule has 0 fully saturated rings. The van der Waals surface area contributed by atoms with Gasteiger partial charge in [0, 0.05) is 28.5 Å². The van der Waals surface area contributed by atoms with E-state index in [2.05, 4.69) is 15.9 Å². The van der Waals surface area contributed by atoms with Crippen molar-refractivity contribution in [1.29, 1.82) is 0 Å². The molecule has 4 heteroatoms. The Balaban J connectivity index is 2.05. The number of benzene rings is 1. The van der Waals surface area contributed by atoms with Crippen LogP contribution in [0.3, 0.4) is 0 Å². The molecule has 2 rings (SSSR count). The lowest BCUT2D eigenvalue weighted by molar-refractivity contribution is 0.0921. The van der Waals surface area contributed by atoms with Crippen LogP contribution in [0.15, 0.2) is 34.8 Å². The lowest BCUT2D eigenvalue weighted by Gasteiger charge is -2.06. The highest BCUT2D eigenvalue weighted by atomic mass is 79.9. The molecule has 1 aromatic carbocycles. The first-order valence-corrected chi connectivity index (χ1v) is 6.83. The monoisotopic (exact) mass is 321 g/mol. The zero-order valence-corrected chi connectivity index (χ0v) is 12.8. The molecule has 3 nitrogen and oxygen atoms in total. The molecule has 0 amide bonds. The fourth-order valence-corrected chi connectivity index (χ4v) is 2.16. The van der Waals surface area contributed by atoms with E-state index in [0.29, 0.717) is 5.75 Å². The van der Waals surface area contributed by atoms with Gasteiger partial charge in [0.15, 0.2) is 6.61 Å². The topological polar surface area (TPSA) is 31.2 Å². The largest absolute Gasteiger partial charge is 0.485 e. The molecule has 2 aromatic rings. The molecule has 0 N–H and O–H groups in total. The van der Waals surface area contributed by atoms with E-state index in [0.717, 1.165) is 21.4 Å². The van der Waals surface area contributed by atoms with E-state index in [9.17, 15) is 4.79 Å². The molecular formula is C15H16BrNO2. The first kappa shape index (κ1) is 13.9. The van der Waals surface area contributed by atoms with Gasteiger partial charge in [-0.1, -0.05) is 15.9 Å². The van der Waals surface area contributed by atoms with Crippen LogP contribution < -0.4 is 4.74 Å². The van der Waals surface area contributed by atoms with Gasteiger partial charge in [-0.15, -0.1) is 0 Å². The number of ether oxygens (including phenoxy) is 1. The molecule has 0 spiro atoms. The summed E-state index contributed by atoms with van der Waals surface area (Å²) in [5.41, 5.74) is 2.78. The quantitative estimate of drug-likeness (QED) is 0.804. The number of carbonyl (C=O) groups excluding carboxylic acids is 1. The highest BCUT2D eigenvalue weighted by molar-refractivity contribution is 9.10. The lowest BCUT2D eigenvalue weighted by Crippen LogP contribution is -2.12. The second-order valence-electron chi connectivity index (χ2n) is 4.51. The van der Waals surface area contributed by atoms with E-state index >= 15 is 0 Å². The minimum absolute atomic E-state index is 0.00381. The number of rotatable bonds is 4. The number of nitrogens with zero attached hydrogens (tertiary/aromatic N) is 1. The summed E-state index contributed by atoms with van der Waals surface area (Å²) in [6, 6.07) is 9.35. The molecular weight excluding hydrogens is 306 g/mol. The summed E-state index contributed by atoms with van der Waals surface area (Å²) in [6.07, 6.45) is 0. The Morgan fingerprint density at radius 1 is 1.26 bits per heavy atom. The minimum Gasteiger partial charge on any atom is -0.485 e. The number of halogens is 1. The van der Waals surface area contributed by atoms with Crippen LogP contribution in [-0.2, 0) is 7.05 Å². The smallest absolute Gasteiger partial charge is 0.202 e. The third-order valence-corrected chi connectivity index (χ3v) is 3.79. The number of carbonyl (C=O) groups is 1. The van der Waals surface area contributed by atoms with Crippen molar-refractivity contribution in [2.24, 2.45) is 7.05 Å². The summed E-state index contributed by atoms with van der Waals surface area (Å²) >= 11 is 3.36. The van der Waals surface area contributed by atoms with Gasteiger partial charge in [0.25, 0.3) is 0 Å². The number of hydrogen-bond acceptors (Lipinski definition) is 2. The highest BCUT2D eigenvalue weighted by Crippen LogP contribution is 2.18. The number of Topliss-reactive ketones (excluding diaryl/α,β-unsaturated/α-hetero) is 1. The number of ketones is 1. The molecule has 0 unspecified atom stereocenters. The Hall–Kier alpha value is -1.55. The van der Waals surface area contributed by atoms with Crippen molar-refractivity contribution in [3.8, 4) is 5.75 Å². The van der Waals surface area contributed by atoms with Crippen molar-refractivity contribution in [3.63, 3.8) is 0 Å². The molecule has 1 aromatic heterocycles. The summed E-state index contributed by atoms with van der Waals surface area (Å²) in [5, 5.41) is 0.